The lowest BCUT2D eigenvalue weighted by atomic mass is 10.00. The van der Waals surface area contributed by atoms with Crippen LogP contribution in [0.5, 0.6) is 0 Å². The van der Waals surface area contributed by atoms with Crippen LogP contribution in [0.4, 0.5) is 11.4 Å². The summed E-state index contributed by atoms with van der Waals surface area (Å²) in [6, 6.07) is 8.40. The highest BCUT2D eigenvalue weighted by molar-refractivity contribution is 5.94. The van der Waals surface area contributed by atoms with Crippen molar-refractivity contribution >= 4 is 42.1 Å². The maximum Gasteiger partial charge on any atom is 0.224 e. The van der Waals surface area contributed by atoms with E-state index in [-0.39, 0.29) is 36.8 Å². The molecule has 3 N–H and O–H groups in total. The molecule has 1 aromatic rings. The molecule has 1 saturated heterocycles. The molecule has 2 aliphatic rings. The van der Waals surface area contributed by atoms with Crippen molar-refractivity contribution in [2.45, 2.75) is 57.4 Å². The molecule has 142 valence electrons. The van der Waals surface area contributed by atoms with E-state index >= 15 is 0 Å². The average Bonchev–Trinajstić information content (AvgIpc) is 2.79. The summed E-state index contributed by atoms with van der Waals surface area (Å²) in [5.74, 6) is 0.454. The van der Waals surface area contributed by atoms with Gasteiger partial charge in [-0.25, -0.2) is 0 Å². The van der Waals surface area contributed by atoms with Gasteiger partial charge in [0.25, 0.3) is 0 Å². The summed E-state index contributed by atoms with van der Waals surface area (Å²) in [4.78, 5) is 14.9. The molecule has 1 heterocycles. The van der Waals surface area contributed by atoms with Gasteiger partial charge in [0.05, 0.1) is 11.4 Å². The summed E-state index contributed by atoms with van der Waals surface area (Å²) < 4.78 is 0. The van der Waals surface area contributed by atoms with Crippen molar-refractivity contribution in [3.05, 3.63) is 24.3 Å². The Morgan fingerprint density at radius 2 is 1.72 bits per heavy atom. The van der Waals surface area contributed by atoms with Crippen molar-refractivity contribution in [1.82, 2.24) is 0 Å². The molecule has 25 heavy (non-hydrogen) atoms. The van der Waals surface area contributed by atoms with Crippen molar-refractivity contribution in [2.75, 3.05) is 23.3 Å². The lowest BCUT2D eigenvalue weighted by molar-refractivity contribution is -0.117. The molecule has 4 nitrogen and oxygen atoms in total. The molecule has 0 unspecified atom stereocenters. The molecule has 0 spiro atoms. The molecule has 0 bridgehead atoms. The van der Waals surface area contributed by atoms with Crippen LogP contribution in [-0.2, 0) is 4.79 Å². The highest BCUT2D eigenvalue weighted by Crippen LogP contribution is 2.30. The van der Waals surface area contributed by atoms with E-state index in [0.29, 0.717) is 12.3 Å². The van der Waals surface area contributed by atoms with Crippen molar-refractivity contribution < 1.29 is 4.79 Å². The lowest BCUT2D eigenvalue weighted by Crippen LogP contribution is -2.29. The highest BCUT2D eigenvalue weighted by Gasteiger charge is 2.26. The maximum atomic E-state index is 12.4. The number of rotatable bonds is 4. The number of amides is 1. The van der Waals surface area contributed by atoms with Crippen LogP contribution >= 0.6 is 24.8 Å². The third kappa shape index (κ3) is 6.05. The highest BCUT2D eigenvalue weighted by atomic mass is 35.5. The lowest BCUT2D eigenvalue weighted by Gasteiger charge is -2.25. The van der Waals surface area contributed by atoms with Gasteiger partial charge in [0, 0.05) is 25.6 Å². The molecule has 1 amide bonds. The van der Waals surface area contributed by atoms with Crippen LogP contribution in [0.25, 0.3) is 0 Å². The number of carbonyl (C=O) groups excluding carboxylic acids is 1. The molecular formula is C19H31Cl2N3O. The Bertz CT molecular complexity index is 533. The normalized spacial score (nSPS) is 23.2. The van der Waals surface area contributed by atoms with Gasteiger partial charge >= 0.3 is 0 Å². The number of halogens is 2. The van der Waals surface area contributed by atoms with E-state index in [9.17, 15) is 4.79 Å². The second-order valence-corrected chi connectivity index (χ2v) is 7.03. The van der Waals surface area contributed by atoms with Crippen molar-refractivity contribution in [3.8, 4) is 0 Å². The van der Waals surface area contributed by atoms with Gasteiger partial charge < -0.3 is 16.0 Å². The van der Waals surface area contributed by atoms with Crippen molar-refractivity contribution in [2.24, 2.45) is 11.7 Å². The fourth-order valence-electron chi connectivity index (χ4n) is 3.93. The summed E-state index contributed by atoms with van der Waals surface area (Å²) in [5, 5.41) is 3.14. The first-order valence-electron chi connectivity index (χ1n) is 9.13. The topological polar surface area (TPSA) is 58.4 Å². The molecule has 2 atom stereocenters. The van der Waals surface area contributed by atoms with Crippen LogP contribution in [0.1, 0.15) is 51.4 Å². The van der Waals surface area contributed by atoms with Crippen molar-refractivity contribution in [3.63, 3.8) is 0 Å². The summed E-state index contributed by atoms with van der Waals surface area (Å²) in [6.07, 6.45) is 8.94. The first-order valence-corrected chi connectivity index (χ1v) is 9.13. The van der Waals surface area contributed by atoms with E-state index in [4.69, 9.17) is 5.73 Å². The average molecular weight is 388 g/mol. The molecule has 0 radical (unpaired) electrons. The van der Waals surface area contributed by atoms with E-state index in [1.807, 2.05) is 12.1 Å². The second kappa shape index (κ2) is 10.9. The van der Waals surface area contributed by atoms with Gasteiger partial charge in [-0.2, -0.15) is 0 Å². The first-order chi connectivity index (χ1) is 11.2. The molecule has 3 rings (SSSR count). The Balaban J connectivity index is 0.00000156. The minimum atomic E-state index is 0. The summed E-state index contributed by atoms with van der Waals surface area (Å²) in [7, 11) is 0. The van der Waals surface area contributed by atoms with Gasteiger partial charge in [0.2, 0.25) is 5.91 Å². The van der Waals surface area contributed by atoms with Gasteiger partial charge in [-0.1, -0.05) is 31.4 Å². The van der Waals surface area contributed by atoms with E-state index in [2.05, 4.69) is 22.3 Å². The molecular weight excluding hydrogens is 357 g/mol. The Morgan fingerprint density at radius 3 is 2.36 bits per heavy atom. The number of para-hydroxylation sites is 2. The molecule has 1 aliphatic heterocycles. The SMILES string of the molecule is Cl.Cl.N[C@@H]1CCC[C@H]1CC(=O)Nc1ccccc1N1CCCCCC1. The van der Waals surface area contributed by atoms with Crippen LogP contribution in [0.2, 0.25) is 0 Å². The first kappa shape index (κ1) is 22.1. The number of nitrogens with zero attached hydrogens (tertiary/aromatic N) is 1. The van der Waals surface area contributed by atoms with E-state index < -0.39 is 0 Å². The third-order valence-electron chi connectivity index (χ3n) is 5.29. The number of hydrogen-bond donors (Lipinski definition) is 2. The second-order valence-electron chi connectivity index (χ2n) is 7.03. The molecule has 1 saturated carbocycles. The number of anilines is 2. The fourth-order valence-corrected chi connectivity index (χ4v) is 3.93. The molecule has 1 aromatic carbocycles. The van der Waals surface area contributed by atoms with Crippen LogP contribution < -0.4 is 16.0 Å². The third-order valence-corrected chi connectivity index (χ3v) is 5.29. The Morgan fingerprint density at radius 1 is 1.04 bits per heavy atom. The minimum absolute atomic E-state index is 0. The smallest absolute Gasteiger partial charge is 0.224 e. The quantitative estimate of drug-likeness (QED) is 0.806. The Labute approximate surface area is 163 Å². The summed E-state index contributed by atoms with van der Waals surface area (Å²) in [6.45, 7) is 2.17. The summed E-state index contributed by atoms with van der Waals surface area (Å²) >= 11 is 0. The van der Waals surface area contributed by atoms with Crippen molar-refractivity contribution in [1.29, 1.82) is 0 Å². The van der Waals surface area contributed by atoms with Gasteiger partial charge in [-0.3, -0.25) is 4.79 Å². The molecule has 6 heteroatoms. The maximum absolute atomic E-state index is 12.4. The molecule has 0 aromatic heterocycles. The monoisotopic (exact) mass is 387 g/mol. The summed E-state index contributed by atoms with van der Waals surface area (Å²) in [5.41, 5.74) is 8.21. The predicted molar refractivity (Wildman–Crippen MR) is 110 cm³/mol. The van der Waals surface area contributed by atoms with Gasteiger partial charge in [-0.15, -0.1) is 24.8 Å². The molecule has 2 fully saturated rings. The van der Waals surface area contributed by atoms with Crippen LogP contribution in [0.15, 0.2) is 24.3 Å². The van der Waals surface area contributed by atoms with Gasteiger partial charge in [-0.05, 0) is 43.7 Å². The van der Waals surface area contributed by atoms with E-state index in [0.717, 1.165) is 38.0 Å². The largest absolute Gasteiger partial charge is 0.370 e. The molecule has 1 aliphatic carbocycles. The van der Waals surface area contributed by atoms with Crippen LogP contribution in [-0.4, -0.2) is 25.0 Å². The van der Waals surface area contributed by atoms with E-state index in [1.165, 1.54) is 31.4 Å². The zero-order valence-electron chi connectivity index (χ0n) is 14.8. The van der Waals surface area contributed by atoms with Gasteiger partial charge in [0.1, 0.15) is 0 Å². The number of nitrogens with one attached hydrogen (secondary N) is 1. The minimum Gasteiger partial charge on any atom is -0.370 e. The predicted octanol–water partition coefficient (Wildman–Crippen LogP) is 4.37. The van der Waals surface area contributed by atoms with E-state index in [1.54, 1.807) is 0 Å². The standard InChI is InChI=1S/C19H29N3O.2ClH/c20-16-9-7-8-15(16)14-19(23)21-17-10-3-4-11-18(17)22-12-5-1-2-6-13-22;;/h3-4,10-11,15-16H,1-2,5-9,12-14,20H2,(H,21,23);2*1H/t15-,16+;;/m0../s1. The Hall–Kier alpha value is -0.970. The zero-order valence-corrected chi connectivity index (χ0v) is 16.4. The van der Waals surface area contributed by atoms with Crippen LogP contribution in [0.3, 0.4) is 0 Å². The Kier molecular flexibility index (Phi) is 9.62. The number of benzene rings is 1. The number of hydrogen-bond acceptors (Lipinski definition) is 3. The fraction of sp³-hybridized carbons (Fsp3) is 0.632. The van der Waals surface area contributed by atoms with Crippen LogP contribution in [0, 0.1) is 5.92 Å². The zero-order chi connectivity index (χ0) is 16.1. The van der Waals surface area contributed by atoms with Gasteiger partial charge in [0.15, 0.2) is 0 Å². The number of carbonyl (C=O) groups is 1. The number of nitrogens with two attached hydrogens (primary N) is 1.